The van der Waals surface area contributed by atoms with Crippen molar-refractivity contribution < 1.29 is 52.9 Å². The third-order valence-electron chi connectivity index (χ3n) is 8.54. The molecule has 2 aromatic rings. The summed E-state index contributed by atoms with van der Waals surface area (Å²) < 4.78 is 21.5. The summed E-state index contributed by atoms with van der Waals surface area (Å²) in [6.45, 7) is 3.03. The van der Waals surface area contributed by atoms with Gasteiger partial charge in [-0.3, -0.25) is 24.0 Å². The van der Waals surface area contributed by atoms with Crippen LogP contribution < -0.4 is 5.32 Å². The number of ether oxygens (including phenoxy) is 4. The second kappa shape index (κ2) is 20.5. The van der Waals surface area contributed by atoms with Crippen molar-refractivity contribution in [3.63, 3.8) is 0 Å². The third kappa shape index (κ3) is 11.2. The summed E-state index contributed by atoms with van der Waals surface area (Å²) >= 11 is 0. The van der Waals surface area contributed by atoms with E-state index in [9.17, 15) is 24.0 Å². The van der Waals surface area contributed by atoms with Gasteiger partial charge in [-0.05, 0) is 66.3 Å². The topological polar surface area (TPSA) is 167 Å². The molecule has 0 radical (unpaired) electrons. The van der Waals surface area contributed by atoms with Crippen LogP contribution in [0.2, 0.25) is 0 Å². The van der Waals surface area contributed by atoms with Crippen molar-refractivity contribution in [2.24, 2.45) is 0 Å². The molecular formula is C37H48N2O11. The van der Waals surface area contributed by atoms with Crippen LogP contribution in [0.15, 0.2) is 36.4 Å². The van der Waals surface area contributed by atoms with Crippen molar-refractivity contribution in [1.82, 2.24) is 10.4 Å². The molecule has 13 heteroatoms. The van der Waals surface area contributed by atoms with Crippen molar-refractivity contribution in [3.8, 4) is 11.1 Å². The molecule has 2 aliphatic rings. The lowest BCUT2D eigenvalue weighted by molar-refractivity contribution is -0.177. The van der Waals surface area contributed by atoms with E-state index in [1.807, 2.05) is 24.3 Å². The Kier molecular flexibility index (Phi) is 15.8. The largest absolute Gasteiger partial charge is 0.533 e. The average molecular weight is 697 g/mol. The Bertz CT molecular complexity index is 1460. The fourth-order valence-electron chi connectivity index (χ4n) is 6.03. The first-order valence-electron chi connectivity index (χ1n) is 17.4. The maximum Gasteiger partial charge on any atom is 0.533 e. The standard InChI is InChI=1S/C37H48N2O11/c1-46-19-7-22-48-23-17-38-33(42)12-4-8-26-13-14-28-30(24-26)31(25-49-37(45)50-39-34(43)15-16-35(39)44)27-9-5-10-29(36(27)28)32(41)11-6-21-47-20-3-2-18-40/h5,9-10,13-14,24,31,40H,2-4,6-8,11-12,15-23,25H2,1H3,(H,38,42). The molecule has 4 rings (SSSR count). The highest BCUT2D eigenvalue weighted by atomic mass is 16.8. The van der Waals surface area contributed by atoms with Crippen molar-refractivity contribution in [2.75, 3.05) is 59.9 Å². The molecule has 2 N–H and O–H groups in total. The maximum absolute atomic E-state index is 13.5. The zero-order chi connectivity index (χ0) is 35.7. The van der Waals surface area contributed by atoms with Gasteiger partial charge in [0.2, 0.25) is 5.91 Å². The van der Waals surface area contributed by atoms with Crippen LogP contribution in [-0.4, -0.2) is 99.7 Å². The Morgan fingerprint density at radius 2 is 1.62 bits per heavy atom. The highest BCUT2D eigenvalue weighted by molar-refractivity contribution is 6.05. The second-order valence-electron chi connectivity index (χ2n) is 12.2. The van der Waals surface area contributed by atoms with E-state index in [-0.39, 0.29) is 44.2 Å². The van der Waals surface area contributed by atoms with Gasteiger partial charge in [-0.1, -0.05) is 41.5 Å². The van der Waals surface area contributed by atoms with Crippen LogP contribution in [0, 0.1) is 0 Å². The number of Topliss-reactive ketones (excluding diaryl/α,β-unsaturated/α-hetero) is 1. The Hall–Kier alpha value is -4.17. The van der Waals surface area contributed by atoms with Crippen LogP contribution in [0.5, 0.6) is 0 Å². The van der Waals surface area contributed by atoms with Crippen molar-refractivity contribution >= 4 is 29.7 Å². The fourth-order valence-corrected chi connectivity index (χ4v) is 6.03. The number of hydrogen-bond donors (Lipinski definition) is 2. The van der Waals surface area contributed by atoms with Gasteiger partial charge in [-0.2, -0.15) is 0 Å². The Morgan fingerprint density at radius 1 is 0.860 bits per heavy atom. The van der Waals surface area contributed by atoms with E-state index < -0.39 is 23.9 Å². The van der Waals surface area contributed by atoms with Crippen LogP contribution >= 0.6 is 0 Å². The van der Waals surface area contributed by atoms with Crippen LogP contribution in [0.1, 0.15) is 90.8 Å². The van der Waals surface area contributed by atoms with Gasteiger partial charge >= 0.3 is 6.16 Å². The Balaban J connectivity index is 1.41. The average Bonchev–Trinajstić information content (AvgIpc) is 3.60. The van der Waals surface area contributed by atoms with E-state index in [0.717, 1.165) is 40.7 Å². The number of amides is 3. The highest BCUT2D eigenvalue weighted by Crippen LogP contribution is 2.47. The van der Waals surface area contributed by atoms with Crippen molar-refractivity contribution in [1.29, 1.82) is 0 Å². The first-order chi connectivity index (χ1) is 24.3. The molecule has 2 aromatic carbocycles. The summed E-state index contributed by atoms with van der Waals surface area (Å²) in [5, 5.41) is 12.2. The van der Waals surface area contributed by atoms with Crippen molar-refractivity contribution in [3.05, 3.63) is 58.7 Å². The Morgan fingerprint density at radius 3 is 2.40 bits per heavy atom. The quantitative estimate of drug-likeness (QED) is 0.0738. The number of nitrogens with zero attached hydrogens (tertiary/aromatic N) is 1. The lowest BCUT2D eigenvalue weighted by Gasteiger charge is -2.17. The summed E-state index contributed by atoms with van der Waals surface area (Å²) in [6.07, 6.45) is 3.43. The molecular weight excluding hydrogens is 648 g/mol. The van der Waals surface area contributed by atoms with Crippen LogP contribution in [0.25, 0.3) is 11.1 Å². The summed E-state index contributed by atoms with van der Waals surface area (Å²) in [5.41, 5.74) is 4.85. The molecule has 3 amide bonds. The molecule has 1 atom stereocenters. The van der Waals surface area contributed by atoms with Gasteiger partial charge < -0.3 is 29.4 Å². The van der Waals surface area contributed by atoms with E-state index in [0.29, 0.717) is 82.3 Å². The number of rotatable bonds is 23. The molecule has 1 saturated heterocycles. The highest BCUT2D eigenvalue weighted by Gasteiger charge is 2.36. The maximum atomic E-state index is 13.5. The SMILES string of the molecule is COCCCOCCNC(=O)CCCc1ccc2c(c1)C(COC(=O)ON1C(=O)CCC1=O)c1cccc(C(=O)CCCOCCCCO)c1-2. The molecule has 1 fully saturated rings. The van der Waals surface area contributed by atoms with E-state index in [2.05, 4.69) is 5.32 Å². The molecule has 0 bridgehead atoms. The number of methoxy groups -OCH3 is 1. The summed E-state index contributed by atoms with van der Waals surface area (Å²) in [5.74, 6) is -1.74. The zero-order valence-corrected chi connectivity index (χ0v) is 28.7. The number of hydroxylamine groups is 2. The van der Waals surface area contributed by atoms with Gasteiger partial charge in [-0.25, -0.2) is 4.79 Å². The molecule has 1 heterocycles. The molecule has 0 saturated carbocycles. The number of aliphatic hydroxyl groups is 1. The number of carbonyl (C=O) groups excluding carboxylic acids is 5. The minimum Gasteiger partial charge on any atom is -0.432 e. The fraction of sp³-hybridized carbons (Fsp3) is 0.541. The van der Waals surface area contributed by atoms with E-state index in [1.54, 1.807) is 19.2 Å². The van der Waals surface area contributed by atoms with Crippen LogP contribution in [0.4, 0.5) is 4.79 Å². The zero-order valence-electron chi connectivity index (χ0n) is 28.7. The monoisotopic (exact) mass is 696 g/mol. The number of hydrogen-bond acceptors (Lipinski definition) is 11. The van der Waals surface area contributed by atoms with E-state index in [4.69, 9.17) is 28.9 Å². The van der Waals surface area contributed by atoms with Gasteiger partial charge in [0.1, 0.15) is 6.61 Å². The van der Waals surface area contributed by atoms with Gasteiger partial charge in [0.25, 0.3) is 11.8 Å². The van der Waals surface area contributed by atoms with E-state index in [1.165, 1.54) is 0 Å². The lowest BCUT2D eigenvalue weighted by atomic mass is 9.93. The predicted octanol–water partition coefficient (Wildman–Crippen LogP) is 4.26. The first-order valence-corrected chi connectivity index (χ1v) is 17.4. The molecule has 1 aliphatic carbocycles. The Labute approximate surface area is 292 Å². The summed E-state index contributed by atoms with van der Waals surface area (Å²) in [6, 6.07) is 11.5. The number of imide groups is 1. The van der Waals surface area contributed by atoms with Gasteiger partial charge in [-0.15, -0.1) is 0 Å². The third-order valence-corrected chi connectivity index (χ3v) is 8.54. The second-order valence-corrected chi connectivity index (χ2v) is 12.2. The number of aryl methyl sites for hydroxylation is 1. The lowest BCUT2D eigenvalue weighted by Crippen LogP contribution is -2.32. The first kappa shape index (κ1) is 38.6. The summed E-state index contributed by atoms with van der Waals surface area (Å²) in [4.78, 5) is 67.2. The van der Waals surface area contributed by atoms with Gasteiger partial charge in [0.05, 0.1) is 6.61 Å². The van der Waals surface area contributed by atoms with Gasteiger partial charge in [0.15, 0.2) is 5.78 Å². The van der Waals surface area contributed by atoms with Gasteiger partial charge in [0, 0.05) is 83.9 Å². The molecule has 1 unspecified atom stereocenters. The number of fused-ring (bicyclic) bond motifs is 3. The number of carbonyl (C=O) groups is 5. The number of benzene rings is 2. The van der Waals surface area contributed by atoms with Crippen LogP contribution in [-0.2, 0) is 44.6 Å². The number of aliphatic hydroxyl groups excluding tert-OH is 1. The molecule has 0 aromatic heterocycles. The van der Waals surface area contributed by atoms with Crippen molar-refractivity contribution in [2.45, 2.75) is 70.1 Å². The predicted molar refractivity (Wildman–Crippen MR) is 181 cm³/mol. The number of nitrogens with one attached hydrogen (secondary N) is 1. The molecule has 13 nitrogen and oxygen atoms in total. The van der Waals surface area contributed by atoms with E-state index >= 15 is 0 Å². The molecule has 272 valence electrons. The minimum absolute atomic E-state index is 0.0314. The molecule has 1 aliphatic heterocycles. The normalized spacial score (nSPS) is 14.8. The number of ketones is 1. The number of unbranched alkanes of at least 4 members (excludes halogenated alkanes) is 1. The molecule has 0 spiro atoms. The summed E-state index contributed by atoms with van der Waals surface area (Å²) in [7, 11) is 1.64. The molecule has 50 heavy (non-hydrogen) atoms. The smallest absolute Gasteiger partial charge is 0.432 e. The van der Waals surface area contributed by atoms with Crippen LogP contribution in [0.3, 0.4) is 0 Å². The minimum atomic E-state index is -1.17.